The molecule has 0 spiro atoms. The van der Waals surface area contributed by atoms with E-state index in [1.807, 2.05) is 27.7 Å². The largest absolute Gasteiger partial charge is 0.367 e. The van der Waals surface area contributed by atoms with Crippen LogP contribution in [0.3, 0.4) is 0 Å². The molecule has 0 aliphatic heterocycles. The summed E-state index contributed by atoms with van der Waals surface area (Å²) in [7, 11) is 0. The van der Waals surface area contributed by atoms with Gasteiger partial charge in [0, 0.05) is 5.41 Å². The molecule has 3 nitrogen and oxygen atoms in total. The maximum Gasteiger partial charge on any atom is 0.178 e. The first-order chi connectivity index (χ1) is 6.62. The Bertz CT molecular complexity index is 216. The molecular weight excluding hydrogens is 188 g/mol. The molecule has 0 aromatic heterocycles. The highest BCUT2D eigenvalue weighted by atomic mass is 16.3. The average Bonchev–Trinajstić information content (AvgIpc) is 2.11. The topological polar surface area (TPSA) is 45.0 Å². The lowest BCUT2D eigenvalue weighted by Gasteiger charge is -2.32. The second-order valence-corrected chi connectivity index (χ2v) is 5.61. The van der Waals surface area contributed by atoms with Crippen molar-refractivity contribution in [3.63, 3.8) is 0 Å². The third kappa shape index (κ3) is 4.29. The minimum atomic E-state index is -1.09. The van der Waals surface area contributed by atoms with Crippen LogP contribution in [-0.4, -0.2) is 16.9 Å². The SMILES string of the molecule is CCC(C)C(C)N=NC(C)(O)C(C)(C)C. The molecule has 90 valence electrons. The molecule has 0 rings (SSSR count). The fourth-order valence-corrected chi connectivity index (χ4v) is 0.808. The third-order valence-corrected chi connectivity index (χ3v) is 3.32. The van der Waals surface area contributed by atoms with Crippen LogP contribution in [-0.2, 0) is 0 Å². The van der Waals surface area contributed by atoms with Crippen LogP contribution in [0.5, 0.6) is 0 Å². The fraction of sp³-hybridized carbons (Fsp3) is 1.00. The van der Waals surface area contributed by atoms with E-state index in [1.165, 1.54) is 0 Å². The van der Waals surface area contributed by atoms with Gasteiger partial charge in [0.2, 0.25) is 0 Å². The first kappa shape index (κ1) is 14.6. The van der Waals surface area contributed by atoms with Crippen LogP contribution >= 0.6 is 0 Å². The van der Waals surface area contributed by atoms with Crippen molar-refractivity contribution in [1.29, 1.82) is 0 Å². The van der Waals surface area contributed by atoms with Crippen LogP contribution in [0.2, 0.25) is 0 Å². The van der Waals surface area contributed by atoms with Gasteiger partial charge in [-0.3, -0.25) is 0 Å². The number of azo groups is 1. The maximum atomic E-state index is 10.1. The molecule has 0 aliphatic carbocycles. The Morgan fingerprint density at radius 1 is 1.13 bits per heavy atom. The van der Waals surface area contributed by atoms with Crippen molar-refractivity contribution in [2.75, 3.05) is 0 Å². The third-order valence-electron chi connectivity index (χ3n) is 3.32. The molecule has 0 radical (unpaired) electrons. The molecule has 0 saturated heterocycles. The quantitative estimate of drug-likeness (QED) is 0.714. The predicted octanol–water partition coefficient (Wildman–Crippen LogP) is 3.63. The van der Waals surface area contributed by atoms with Crippen molar-refractivity contribution in [3.8, 4) is 0 Å². The summed E-state index contributed by atoms with van der Waals surface area (Å²) in [5.41, 5.74) is -1.37. The monoisotopic (exact) mass is 214 g/mol. The van der Waals surface area contributed by atoms with Crippen LogP contribution in [0.1, 0.15) is 54.9 Å². The van der Waals surface area contributed by atoms with Gasteiger partial charge in [-0.05, 0) is 19.8 Å². The molecule has 15 heavy (non-hydrogen) atoms. The van der Waals surface area contributed by atoms with Crippen molar-refractivity contribution in [3.05, 3.63) is 0 Å². The van der Waals surface area contributed by atoms with E-state index in [9.17, 15) is 5.11 Å². The number of aliphatic hydroxyl groups is 1. The van der Waals surface area contributed by atoms with Gasteiger partial charge >= 0.3 is 0 Å². The van der Waals surface area contributed by atoms with Crippen LogP contribution in [0.15, 0.2) is 10.2 Å². The Balaban J connectivity index is 4.52. The van der Waals surface area contributed by atoms with E-state index in [1.54, 1.807) is 6.92 Å². The summed E-state index contributed by atoms with van der Waals surface area (Å²) < 4.78 is 0. The average molecular weight is 214 g/mol. The molecule has 0 heterocycles. The number of hydrogen-bond acceptors (Lipinski definition) is 3. The molecular formula is C12H26N2O. The highest BCUT2D eigenvalue weighted by molar-refractivity contribution is 4.83. The molecule has 3 atom stereocenters. The number of rotatable bonds is 4. The Labute approximate surface area is 94.0 Å². The van der Waals surface area contributed by atoms with Crippen molar-refractivity contribution in [2.24, 2.45) is 21.6 Å². The van der Waals surface area contributed by atoms with E-state index in [0.29, 0.717) is 5.92 Å². The highest BCUT2D eigenvalue weighted by Crippen LogP contribution is 2.31. The lowest BCUT2D eigenvalue weighted by atomic mass is 9.85. The summed E-state index contributed by atoms with van der Waals surface area (Å²) in [4.78, 5) is 0. The normalized spacial score (nSPS) is 21.3. The highest BCUT2D eigenvalue weighted by Gasteiger charge is 2.35. The zero-order valence-electron chi connectivity index (χ0n) is 11.2. The first-order valence-corrected chi connectivity index (χ1v) is 5.76. The fourth-order valence-electron chi connectivity index (χ4n) is 0.808. The molecule has 0 saturated carbocycles. The van der Waals surface area contributed by atoms with Crippen molar-refractivity contribution < 1.29 is 5.11 Å². The molecule has 0 fully saturated rings. The van der Waals surface area contributed by atoms with E-state index in [2.05, 4.69) is 24.1 Å². The van der Waals surface area contributed by atoms with Gasteiger partial charge in [0.25, 0.3) is 0 Å². The Kier molecular flexibility index (Phi) is 4.91. The van der Waals surface area contributed by atoms with Gasteiger partial charge in [-0.15, -0.1) is 0 Å². The minimum absolute atomic E-state index is 0.170. The molecule has 3 unspecified atom stereocenters. The predicted molar refractivity (Wildman–Crippen MR) is 63.9 cm³/mol. The van der Waals surface area contributed by atoms with Crippen LogP contribution in [0.25, 0.3) is 0 Å². The zero-order chi connectivity index (χ0) is 12.3. The molecule has 0 aliphatic rings. The second kappa shape index (κ2) is 5.06. The van der Waals surface area contributed by atoms with E-state index < -0.39 is 5.72 Å². The standard InChI is InChI=1S/C12H26N2O/c1-8-9(2)10(3)13-14-12(7,15)11(4,5)6/h9-10,15H,8H2,1-7H3. The van der Waals surface area contributed by atoms with Crippen LogP contribution in [0, 0.1) is 11.3 Å². The Hall–Kier alpha value is -0.440. The molecule has 0 bridgehead atoms. The van der Waals surface area contributed by atoms with Crippen LogP contribution in [0.4, 0.5) is 0 Å². The lowest BCUT2D eigenvalue weighted by Crippen LogP contribution is -2.37. The molecule has 1 N–H and O–H groups in total. The lowest BCUT2D eigenvalue weighted by molar-refractivity contribution is -0.0407. The zero-order valence-corrected chi connectivity index (χ0v) is 11.2. The summed E-state index contributed by atoms with van der Waals surface area (Å²) >= 11 is 0. The molecule has 3 heteroatoms. The molecule has 0 aromatic rings. The summed E-state index contributed by atoms with van der Waals surface area (Å²) in [6, 6.07) is 0.170. The summed E-state index contributed by atoms with van der Waals surface area (Å²) in [6.45, 7) is 13.9. The van der Waals surface area contributed by atoms with Crippen molar-refractivity contribution >= 4 is 0 Å². The van der Waals surface area contributed by atoms with Gasteiger partial charge in [0.1, 0.15) is 0 Å². The van der Waals surface area contributed by atoms with Gasteiger partial charge in [0.15, 0.2) is 5.72 Å². The van der Waals surface area contributed by atoms with E-state index in [4.69, 9.17) is 0 Å². The van der Waals surface area contributed by atoms with Gasteiger partial charge in [-0.1, -0.05) is 41.0 Å². The maximum absolute atomic E-state index is 10.1. The first-order valence-electron chi connectivity index (χ1n) is 5.76. The smallest absolute Gasteiger partial charge is 0.178 e. The van der Waals surface area contributed by atoms with Gasteiger partial charge < -0.3 is 5.11 Å². The summed E-state index contributed by atoms with van der Waals surface area (Å²) in [6.07, 6.45) is 1.08. The Morgan fingerprint density at radius 2 is 1.60 bits per heavy atom. The summed E-state index contributed by atoms with van der Waals surface area (Å²) in [5.74, 6) is 0.504. The van der Waals surface area contributed by atoms with E-state index >= 15 is 0 Å². The van der Waals surface area contributed by atoms with Crippen molar-refractivity contribution in [1.82, 2.24) is 0 Å². The molecule has 0 aromatic carbocycles. The van der Waals surface area contributed by atoms with Gasteiger partial charge in [0.05, 0.1) is 6.04 Å². The van der Waals surface area contributed by atoms with Crippen molar-refractivity contribution in [2.45, 2.75) is 66.7 Å². The summed E-state index contributed by atoms with van der Waals surface area (Å²) in [5, 5.41) is 18.4. The Morgan fingerprint density at radius 3 is 1.93 bits per heavy atom. The minimum Gasteiger partial charge on any atom is -0.367 e. The van der Waals surface area contributed by atoms with Gasteiger partial charge in [-0.25, -0.2) is 0 Å². The second-order valence-electron chi connectivity index (χ2n) is 5.61. The van der Waals surface area contributed by atoms with E-state index in [-0.39, 0.29) is 11.5 Å². The number of nitrogens with zero attached hydrogens (tertiary/aromatic N) is 2. The molecule has 0 amide bonds. The van der Waals surface area contributed by atoms with Gasteiger partial charge in [-0.2, -0.15) is 10.2 Å². The van der Waals surface area contributed by atoms with E-state index in [0.717, 1.165) is 6.42 Å². The number of hydrogen-bond donors (Lipinski definition) is 1. The van der Waals surface area contributed by atoms with Crippen LogP contribution < -0.4 is 0 Å².